The number of rotatable bonds is 5. The van der Waals surface area contributed by atoms with E-state index in [-0.39, 0.29) is 0 Å². The molecular weight excluding hydrogens is 633 g/mol. The van der Waals surface area contributed by atoms with Gasteiger partial charge in [0.25, 0.3) is 0 Å². The molecule has 242 valence electrons. The van der Waals surface area contributed by atoms with E-state index in [9.17, 15) is 0 Å². The summed E-state index contributed by atoms with van der Waals surface area (Å²) in [7, 11) is 0. The largest absolute Gasteiger partial charge is 0.254 e. The van der Waals surface area contributed by atoms with Gasteiger partial charge in [0, 0.05) is 44.4 Å². The average Bonchev–Trinajstić information content (AvgIpc) is 3.23. The van der Waals surface area contributed by atoms with Crippen molar-refractivity contribution in [1.29, 1.82) is 0 Å². The summed E-state index contributed by atoms with van der Waals surface area (Å²) in [4.78, 5) is 19.7. The minimum absolute atomic E-state index is 0.922. The molecular formula is C48H30N4. The zero-order valence-electron chi connectivity index (χ0n) is 28.1. The van der Waals surface area contributed by atoms with Crippen molar-refractivity contribution < 1.29 is 0 Å². The van der Waals surface area contributed by atoms with Gasteiger partial charge >= 0.3 is 0 Å². The molecule has 0 aliphatic heterocycles. The van der Waals surface area contributed by atoms with Gasteiger partial charge in [0.1, 0.15) is 0 Å². The van der Waals surface area contributed by atoms with Crippen molar-refractivity contribution in [2.75, 3.05) is 0 Å². The first-order valence-corrected chi connectivity index (χ1v) is 17.5. The second kappa shape index (κ2) is 12.4. The quantitative estimate of drug-likeness (QED) is 0.172. The topological polar surface area (TPSA) is 51.6 Å². The van der Waals surface area contributed by atoms with Crippen LogP contribution in [0.1, 0.15) is 0 Å². The number of nitrogens with zero attached hydrogens (tertiary/aromatic N) is 4. The Morgan fingerprint density at radius 3 is 1.44 bits per heavy atom. The van der Waals surface area contributed by atoms with E-state index in [4.69, 9.17) is 15.0 Å². The third-order valence-electron chi connectivity index (χ3n) is 9.89. The Labute approximate surface area is 300 Å². The molecule has 52 heavy (non-hydrogen) atoms. The zero-order chi connectivity index (χ0) is 34.4. The molecule has 0 saturated carbocycles. The molecule has 0 amide bonds. The van der Waals surface area contributed by atoms with Crippen LogP contribution in [-0.2, 0) is 0 Å². The van der Waals surface area contributed by atoms with Crippen LogP contribution in [0.3, 0.4) is 0 Å². The van der Waals surface area contributed by atoms with Gasteiger partial charge in [-0.1, -0.05) is 121 Å². The predicted octanol–water partition coefficient (Wildman–Crippen LogP) is 12.2. The van der Waals surface area contributed by atoms with Crippen molar-refractivity contribution >= 4 is 43.6 Å². The molecule has 0 aliphatic carbocycles. The van der Waals surface area contributed by atoms with E-state index in [2.05, 4.69) is 169 Å². The molecule has 4 aromatic heterocycles. The molecule has 4 nitrogen and oxygen atoms in total. The van der Waals surface area contributed by atoms with E-state index in [1.807, 2.05) is 18.3 Å². The smallest absolute Gasteiger partial charge is 0.0972 e. The summed E-state index contributed by atoms with van der Waals surface area (Å²) >= 11 is 0. The molecule has 0 bridgehead atoms. The Bertz CT molecular complexity index is 2950. The van der Waals surface area contributed by atoms with E-state index in [1.165, 1.54) is 11.1 Å². The lowest BCUT2D eigenvalue weighted by Gasteiger charge is -2.09. The third kappa shape index (κ3) is 5.44. The van der Waals surface area contributed by atoms with Gasteiger partial charge in [0.05, 0.1) is 39.1 Å². The fourth-order valence-corrected chi connectivity index (χ4v) is 7.12. The summed E-state index contributed by atoms with van der Waals surface area (Å²) in [5, 5.41) is 4.39. The van der Waals surface area contributed by atoms with Crippen LogP contribution >= 0.6 is 0 Å². The summed E-state index contributed by atoms with van der Waals surface area (Å²) in [6.07, 6.45) is 1.83. The first-order chi connectivity index (χ1) is 25.7. The molecule has 0 aliphatic rings. The standard InChI is InChI=1S/C48H30N4/c1-2-6-31(7-3-1)36-8-4-9-39(28-36)44-26-21-41-30-38(19-24-46(41)51-44)37-18-23-45-40(29-37)20-25-42(50-45)32-11-13-33(14-12-32)43-22-17-35-16-15-34-10-5-27-49-47(34)48(35)52-43/h1-30H. The minimum Gasteiger partial charge on any atom is -0.254 e. The van der Waals surface area contributed by atoms with Crippen molar-refractivity contribution in [3.8, 4) is 56.0 Å². The summed E-state index contributed by atoms with van der Waals surface area (Å²) in [5.41, 5.74) is 14.6. The van der Waals surface area contributed by atoms with Gasteiger partial charge < -0.3 is 0 Å². The summed E-state index contributed by atoms with van der Waals surface area (Å²) in [6.45, 7) is 0. The van der Waals surface area contributed by atoms with E-state index in [1.54, 1.807) is 0 Å². The van der Waals surface area contributed by atoms with Crippen LogP contribution in [0.4, 0.5) is 0 Å². The molecule has 0 atom stereocenters. The van der Waals surface area contributed by atoms with Gasteiger partial charge in [-0.15, -0.1) is 0 Å². The highest BCUT2D eigenvalue weighted by molar-refractivity contribution is 6.03. The molecule has 10 aromatic rings. The number of fused-ring (bicyclic) bond motifs is 5. The lowest BCUT2D eigenvalue weighted by atomic mass is 9.99. The Kier molecular flexibility index (Phi) is 7.10. The number of hydrogen-bond donors (Lipinski definition) is 0. The fourth-order valence-electron chi connectivity index (χ4n) is 7.12. The molecule has 10 rings (SSSR count). The third-order valence-corrected chi connectivity index (χ3v) is 9.89. The summed E-state index contributed by atoms with van der Waals surface area (Å²) < 4.78 is 0. The van der Waals surface area contributed by atoms with Crippen LogP contribution in [-0.4, -0.2) is 19.9 Å². The second-order valence-corrected chi connectivity index (χ2v) is 13.1. The van der Waals surface area contributed by atoms with Gasteiger partial charge in [-0.05, 0) is 76.9 Å². The fraction of sp³-hybridized carbons (Fsp3) is 0. The van der Waals surface area contributed by atoms with Gasteiger partial charge in [-0.25, -0.2) is 15.0 Å². The first-order valence-electron chi connectivity index (χ1n) is 17.5. The maximum Gasteiger partial charge on any atom is 0.0972 e. The van der Waals surface area contributed by atoms with Crippen LogP contribution in [0.25, 0.3) is 99.6 Å². The van der Waals surface area contributed by atoms with Crippen LogP contribution in [0.15, 0.2) is 182 Å². The Morgan fingerprint density at radius 1 is 0.269 bits per heavy atom. The molecule has 0 radical (unpaired) electrons. The molecule has 0 fully saturated rings. The van der Waals surface area contributed by atoms with E-state index >= 15 is 0 Å². The monoisotopic (exact) mass is 662 g/mol. The first kappa shape index (κ1) is 29.8. The van der Waals surface area contributed by atoms with Crippen molar-refractivity contribution in [3.05, 3.63) is 182 Å². The number of benzene rings is 6. The highest BCUT2D eigenvalue weighted by Crippen LogP contribution is 2.32. The lowest BCUT2D eigenvalue weighted by molar-refractivity contribution is 1.36. The van der Waals surface area contributed by atoms with Crippen molar-refractivity contribution in [1.82, 2.24) is 19.9 Å². The van der Waals surface area contributed by atoms with Gasteiger partial charge in [0.15, 0.2) is 0 Å². The van der Waals surface area contributed by atoms with Crippen molar-refractivity contribution in [2.24, 2.45) is 0 Å². The Hall–Kier alpha value is -7.04. The van der Waals surface area contributed by atoms with Gasteiger partial charge in [-0.2, -0.15) is 0 Å². The van der Waals surface area contributed by atoms with Crippen LogP contribution in [0.5, 0.6) is 0 Å². The molecule has 4 heteroatoms. The molecule has 0 spiro atoms. The number of hydrogen-bond acceptors (Lipinski definition) is 4. The van der Waals surface area contributed by atoms with E-state index in [0.717, 1.165) is 88.5 Å². The van der Waals surface area contributed by atoms with Crippen LogP contribution in [0.2, 0.25) is 0 Å². The van der Waals surface area contributed by atoms with E-state index < -0.39 is 0 Å². The van der Waals surface area contributed by atoms with E-state index in [0.29, 0.717) is 0 Å². The Morgan fingerprint density at radius 2 is 0.769 bits per heavy atom. The van der Waals surface area contributed by atoms with Crippen molar-refractivity contribution in [3.63, 3.8) is 0 Å². The molecule has 0 unspecified atom stereocenters. The zero-order valence-corrected chi connectivity index (χ0v) is 28.1. The lowest BCUT2D eigenvalue weighted by Crippen LogP contribution is -1.90. The van der Waals surface area contributed by atoms with Crippen LogP contribution in [0, 0.1) is 0 Å². The normalized spacial score (nSPS) is 11.5. The highest BCUT2D eigenvalue weighted by atomic mass is 14.8. The molecule has 4 heterocycles. The second-order valence-electron chi connectivity index (χ2n) is 13.1. The number of pyridine rings is 4. The Balaban J connectivity index is 0.903. The highest BCUT2D eigenvalue weighted by Gasteiger charge is 2.10. The van der Waals surface area contributed by atoms with Gasteiger partial charge in [0.2, 0.25) is 0 Å². The molecule has 6 aromatic carbocycles. The predicted molar refractivity (Wildman–Crippen MR) is 215 cm³/mol. The molecule has 0 N–H and O–H groups in total. The maximum atomic E-state index is 5.04. The number of aromatic nitrogens is 4. The molecule has 0 saturated heterocycles. The summed E-state index contributed by atoms with van der Waals surface area (Å²) in [5.74, 6) is 0. The average molecular weight is 663 g/mol. The SMILES string of the molecule is c1ccc(-c2cccc(-c3ccc4cc(-c5ccc6nc(-c7ccc(-c8ccc9ccc%10cccnc%10c9n8)cc7)ccc6c5)ccc4n3)c2)cc1. The van der Waals surface area contributed by atoms with Crippen LogP contribution < -0.4 is 0 Å². The summed E-state index contributed by atoms with van der Waals surface area (Å²) in [6, 6.07) is 61.5. The van der Waals surface area contributed by atoms with Crippen molar-refractivity contribution in [2.45, 2.75) is 0 Å². The maximum absolute atomic E-state index is 5.04. The minimum atomic E-state index is 0.922. The van der Waals surface area contributed by atoms with Gasteiger partial charge in [-0.3, -0.25) is 4.98 Å².